The summed E-state index contributed by atoms with van der Waals surface area (Å²) in [5.41, 5.74) is 0. The van der Waals surface area contributed by atoms with Crippen LogP contribution in [-0.2, 0) is 0 Å². The molecule has 2 rings (SSSR count). The number of piperidine rings is 1. The van der Waals surface area contributed by atoms with Gasteiger partial charge in [0.1, 0.15) is 0 Å². The molecule has 2 nitrogen and oxygen atoms in total. The van der Waals surface area contributed by atoms with Crippen molar-refractivity contribution >= 4 is 0 Å². The van der Waals surface area contributed by atoms with E-state index in [9.17, 15) is 5.11 Å². The molecule has 0 N–H and O–H groups in total. The average Bonchev–Trinajstić information content (AvgIpc) is 2.06. The maximum Gasteiger partial charge on any atom is 1.00 e. The Morgan fingerprint density at radius 2 is 1.83 bits per heavy atom. The van der Waals surface area contributed by atoms with Crippen LogP contribution >= 0.6 is 0 Å². The second-order valence-electron chi connectivity index (χ2n) is 3.77. The van der Waals surface area contributed by atoms with Crippen LogP contribution in [0.25, 0.3) is 5.32 Å². The number of hydrogen-bond acceptors (Lipinski definition) is 1. The van der Waals surface area contributed by atoms with Crippen LogP contribution in [0.5, 0.6) is 0 Å². The number of hydrogen-bond donors (Lipinski definition) is 0. The molecule has 2 aliphatic rings. The van der Waals surface area contributed by atoms with Crippen molar-refractivity contribution in [1.29, 1.82) is 0 Å². The number of fused-ring (bicyclic) bond motifs is 1. The largest absolute Gasteiger partial charge is 1.00 e. The van der Waals surface area contributed by atoms with Crippen molar-refractivity contribution in [1.82, 2.24) is 0 Å². The zero-order valence-electron chi connectivity index (χ0n) is 7.83. The van der Waals surface area contributed by atoms with Gasteiger partial charge >= 0.3 is 68.9 Å². The topological polar surface area (TPSA) is 37.2 Å². The first-order valence-electron chi connectivity index (χ1n) is 4.70. The molecule has 0 aromatic rings. The predicted molar refractivity (Wildman–Crippen MR) is 42.4 cm³/mol. The summed E-state index contributed by atoms with van der Waals surface area (Å²) in [6.45, 7) is 0.944. The average molecular weight is 286 g/mol. The standard InChI is InChI=1S/C9H15NO.Cs/c11-8-5-1-3-7-4-2-6-10-9(7)8;/h7-9H,1-6H2;/q-2;+1. The molecule has 3 heteroatoms. The summed E-state index contributed by atoms with van der Waals surface area (Å²) >= 11 is 0. The molecule has 0 aromatic carbocycles. The Labute approximate surface area is 133 Å². The van der Waals surface area contributed by atoms with Crippen molar-refractivity contribution in [3.63, 3.8) is 0 Å². The van der Waals surface area contributed by atoms with E-state index < -0.39 is 0 Å². The van der Waals surface area contributed by atoms with E-state index in [2.05, 4.69) is 5.32 Å². The molecule has 1 aliphatic carbocycles. The number of rotatable bonds is 0. The molecular weight excluding hydrogens is 271 g/mol. The Morgan fingerprint density at radius 1 is 1.08 bits per heavy atom. The second-order valence-corrected chi connectivity index (χ2v) is 3.77. The Kier molecular flexibility index (Phi) is 5.78. The van der Waals surface area contributed by atoms with E-state index in [4.69, 9.17) is 0 Å². The van der Waals surface area contributed by atoms with Crippen molar-refractivity contribution in [2.45, 2.75) is 44.2 Å². The maximum atomic E-state index is 11.4. The van der Waals surface area contributed by atoms with Crippen LogP contribution in [-0.4, -0.2) is 18.7 Å². The van der Waals surface area contributed by atoms with Crippen LogP contribution in [0.2, 0.25) is 0 Å². The van der Waals surface area contributed by atoms with E-state index in [1.54, 1.807) is 0 Å². The van der Waals surface area contributed by atoms with Gasteiger partial charge in [0.15, 0.2) is 0 Å². The Balaban J connectivity index is 0.000000720. The predicted octanol–water partition coefficient (Wildman–Crippen LogP) is -1.94. The summed E-state index contributed by atoms with van der Waals surface area (Å²) in [4.78, 5) is 0. The van der Waals surface area contributed by atoms with Gasteiger partial charge in [-0.15, -0.1) is 18.7 Å². The van der Waals surface area contributed by atoms with Crippen LogP contribution in [0.1, 0.15) is 32.1 Å². The fourth-order valence-corrected chi connectivity index (χ4v) is 2.40. The minimum atomic E-state index is -0.367. The third-order valence-electron chi connectivity index (χ3n) is 3.00. The molecule has 1 heterocycles. The first-order chi connectivity index (χ1) is 5.38. The minimum Gasteiger partial charge on any atom is -0.853 e. The van der Waals surface area contributed by atoms with Crippen molar-refractivity contribution in [3.8, 4) is 0 Å². The first-order valence-corrected chi connectivity index (χ1v) is 4.70. The molecule has 3 atom stereocenters. The zero-order valence-corrected chi connectivity index (χ0v) is 14.1. The molecule has 0 aromatic heterocycles. The fourth-order valence-electron chi connectivity index (χ4n) is 2.40. The molecule has 0 bridgehead atoms. The SMILES string of the molecule is [Cs+].[O-]C1CCCC2CCC[N-]C12. The van der Waals surface area contributed by atoms with Gasteiger partial charge in [0.05, 0.1) is 0 Å². The van der Waals surface area contributed by atoms with Crippen molar-refractivity contribution in [3.05, 3.63) is 5.32 Å². The molecular formula is C9H15CsNO-. The molecule has 0 amide bonds. The van der Waals surface area contributed by atoms with Crippen LogP contribution < -0.4 is 74.0 Å². The van der Waals surface area contributed by atoms with Gasteiger partial charge in [-0.3, -0.25) is 0 Å². The van der Waals surface area contributed by atoms with Gasteiger partial charge in [-0.05, 0) is 0 Å². The van der Waals surface area contributed by atoms with Crippen LogP contribution in [0.4, 0.5) is 0 Å². The normalized spacial score (nSPS) is 41.2. The summed E-state index contributed by atoms with van der Waals surface area (Å²) < 4.78 is 0. The van der Waals surface area contributed by atoms with Crippen LogP contribution in [0, 0.1) is 5.92 Å². The molecule has 3 unspecified atom stereocenters. The smallest absolute Gasteiger partial charge is 0.853 e. The van der Waals surface area contributed by atoms with Gasteiger partial charge in [0.2, 0.25) is 0 Å². The summed E-state index contributed by atoms with van der Waals surface area (Å²) in [6.07, 6.45) is 5.37. The third-order valence-corrected chi connectivity index (χ3v) is 3.00. The second kappa shape index (κ2) is 5.76. The molecule has 0 spiro atoms. The van der Waals surface area contributed by atoms with Gasteiger partial charge in [0.25, 0.3) is 0 Å². The van der Waals surface area contributed by atoms with E-state index in [1.165, 1.54) is 19.3 Å². The van der Waals surface area contributed by atoms with Gasteiger partial charge in [0, 0.05) is 0 Å². The van der Waals surface area contributed by atoms with Crippen LogP contribution in [0.3, 0.4) is 0 Å². The third kappa shape index (κ3) is 2.73. The van der Waals surface area contributed by atoms with E-state index in [0.29, 0.717) is 5.92 Å². The van der Waals surface area contributed by atoms with E-state index in [-0.39, 0.29) is 81.0 Å². The van der Waals surface area contributed by atoms with Gasteiger partial charge < -0.3 is 10.4 Å². The van der Waals surface area contributed by atoms with E-state index >= 15 is 0 Å². The van der Waals surface area contributed by atoms with Crippen molar-refractivity contribution in [2.24, 2.45) is 5.92 Å². The molecule has 1 saturated heterocycles. The molecule has 2 fully saturated rings. The van der Waals surface area contributed by atoms with Gasteiger partial charge in [-0.25, -0.2) is 0 Å². The van der Waals surface area contributed by atoms with Gasteiger partial charge in [-0.2, -0.15) is 0 Å². The van der Waals surface area contributed by atoms with E-state index in [0.717, 1.165) is 19.4 Å². The Hall–Kier alpha value is 1.97. The molecule has 64 valence electrons. The first kappa shape index (κ1) is 12.0. The summed E-state index contributed by atoms with van der Waals surface area (Å²) in [5, 5.41) is 15.8. The van der Waals surface area contributed by atoms with Crippen LogP contribution in [0.15, 0.2) is 0 Å². The molecule has 0 radical (unpaired) electrons. The monoisotopic (exact) mass is 286 g/mol. The Morgan fingerprint density at radius 3 is 2.58 bits per heavy atom. The summed E-state index contributed by atoms with van der Waals surface area (Å²) in [5.74, 6) is 0.653. The van der Waals surface area contributed by atoms with Crippen molar-refractivity contribution in [2.75, 3.05) is 6.54 Å². The van der Waals surface area contributed by atoms with E-state index in [1.807, 2.05) is 0 Å². The fraction of sp³-hybridized carbons (Fsp3) is 1.00. The van der Waals surface area contributed by atoms with Gasteiger partial charge in [-0.1, -0.05) is 38.0 Å². The molecule has 1 aliphatic heterocycles. The maximum absolute atomic E-state index is 11.4. The Bertz CT molecular complexity index is 140. The number of nitrogens with zero attached hydrogens (tertiary/aromatic N) is 1. The van der Waals surface area contributed by atoms with Crippen molar-refractivity contribution < 1.29 is 74.0 Å². The molecule has 1 saturated carbocycles. The minimum absolute atomic E-state index is 0. The quantitative estimate of drug-likeness (QED) is 0.510. The summed E-state index contributed by atoms with van der Waals surface area (Å²) in [7, 11) is 0. The zero-order chi connectivity index (χ0) is 7.68. The summed E-state index contributed by atoms with van der Waals surface area (Å²) in [6, 6.07) is 0.192. The molecule has 12 heavy (non-hydrogen) atoms.